The minimum Gasteiger partial charge on any atom is -0.358 e. The van der Waals surface area contributed by atoms with E-state index in [-0.39, 0.29) is 6.03 Å². The molecule has 6 heteroatoms. The van der Waals surface area contributed by atoms with E-state index in [4.69, 9.17) is 0 Å². The van der Waals surface area contributed by atoms with Gasteiger partial charge in [0.1, 0.15) is 0 Å². The summed E-state index contributed by atoms with van der Waals surface area (Å²) in [5.74, 6) is 0. The number of carbonyl (C=O) groups excluding carboxylic acids is 1. The molecule has 0 saturated heterocycles. The number of H-pyrrole nitrogens is 1. The normalized spacial score (nSPS) is 11.0. The molecule has 0 atom stereocenters. The average molecular weight is 371 g/mol. The Morgan fingerprint density at radius 3 is 2.73 bits per heavy atom. The molecular formula is C20H26N4OS. The molecule has 3 rings (SSSR count). The number of amides is 2. The summed E-state index contributed by atoms with van der Waals surface area (Å²) in [5.41, 5.74) is 4.69. The van der Waals surface area contributed by atoms with Gasteiger partial charge in [-0.15, -0.1) is 11.3 Å². The SMILES string of the molecule is Cc1csc(CCCCNC(=O)NCCc2c(C)[nH]c3ccccc23)n1. The lowest BCUT2D eigenvalue weighted by atomic mass is 10.1. The highest BCUT2D eigenvalue weighted by atomic mass is 32.1. The summed E-state index contributed by atoms with van der Waals surface area (Å²) >= 11 is 1.71. The molecule has 0 aliphatic carbocycles. The molecule has 0 aliphatic rings. The van der Waals surface area contributed by atoms with Gasteiger partial charge < -0.3 is 15.6 Å². The number of fused-ring (bicyclic) bond motifs is 1. The number of urea groups is 1. The van der Waals surface area contributed by atoms with Gasteiger partial charge >= 0.3 is 6.03 Å². The quantitative estimate of drug-likeness (QED) is 0.522. The lowest BCUT2D eigenvalue weighted by Crippen LogP contribution is -2.37. The number of rotatable bonds is 8. The van der Waals surface area contributed by atoms with E-state index in [2.05, 4.69) is 45.0 Å². The summed E-state index contributed by atoms with van der Waals surface area (Å²) < 4.78 is 0. The highest BCUT2D eigenvalue weighted by molar-refractivity contribution is 7.09. The Bertz CT molecular complexity index is 868. The number of carbonyl (C=O) groups is 1. The van der Waals surface area contributed by atoms with E-state index < -0.39 is 0 Å². The number of aromatic nitrogens is 2. The van der Waals surface area contributed by atoms with E-state index in [0.29, 0.717) is 13.1 Å². The van der Waals surface area contributed by atoms with Crippen LogP contribution >= 0.6 is 11.3 Å². The molecule has 0 saturated carbocycles. The highest BCUT2D eigenvalue weighted by Crippen LogP contribution is 2.21. The lowest BCUT2D eigenvalue weighted by Gasteiger charge is -2.08. The van der Waals surface area contributed by atoms with Gasteiger partial charge in [0.05, 0.1) is 5.01 Å². The van der Waals surface area contributed by atoms with Gasteiger partial charge in [-0.3, -0.25) is 0 Å². The van der Waals surface area contributed by atoms with Crippen LogP contribution in [-0.2, 0) is 12.8 Å². The van der Waals surface area contributed by atoms with Gasteiger partial charge in [0.15, 0.2) is 0 Å². The van der Waals surface area contributed by atoms with Crippen molar-refractivity contribution in [1.29, 1.82) is 0 Å². The van der Waals surface area contributed by atoms with Crippen LogP contribution in [-0.4, -0.2) is 29.1 Å². The lowest BCUT2D eigenvalue weighted by molar-refractivity contribution is 0.241. The molecule has 3 aromatic rings. The molecule has 2 heterocycles. The molecule has 3 N–H and O–H groups in total. The second-order valence-electron chi connectivity index (χ2n) is 6.55. The smallest absolute Gasteiger partial charge is 0.314 e. The number of nitrogens with one attached hydrogen (secondary N) is 3. The van der Waals surface area contributed by atoms with Gasteiger partial charge in [-0.05, 0) is 51.2 Å². The van der Waals surface area contributed by atoms with Gasteiger partial charge in [0.2, 0.25) is 0 Å². The van der Waals surface area contributed by atoms with Gasteiger partial charge in [0, 0.05) is 40.8 Å². The van der Waals surface area contributed by atoms with Crippen LogP contribution in [0, 0.1) is 13.8 Å². The van der Waals surface area contributed by atoms with Crippen molar-refractivity contribution in [3.05, 3.63) is 51.6 Å². The Morgan fingerprint density at radius 2 is 1.92 bits per heavy atom. The Morgan fingerprint density at radius 1 is 1.12 bits per heavy atom. The number of aromatic amines is 1. The molecule has 2 amide bonds. The first-order chi connectivity index (χ1) is 12.6. The first-order valence-electron chi connectivity index (χ1n) is 9.12. The number of nitrogens with zero attached hydrogens (tertiary/aromatic N) is 1. The molecule has 0 bridgehead atoms. The van der Waals surface area contributed by atoms with Gasteiger partial charge in [0.25, 0.3) is 0 Å². The van der Waals surface area contributed by atoms with E-state index >= 15 is 0 Å². The first-order valence-corrected chi connectivity index (χ1v) is 10.0. The van der Waals surface area contributed by atoms with E-state index in [1.807, 2.05) is 19.1 Å². The van der Waals surface area contributed by atoms with Crippen molar-refractivity contribution in [2.24, 2.45) is 0 Å². The monoisotopic (exact) mass is 370 g/mol. The summed E-state index contributed by atoms with van der Waals surface area (Å²) in [7, 11) is 0. The summed E-state index contributed by atoms with van der Waals surface area (Å²) in [4.78, 5) is 19.8. The summed E-state index contributed by atoms with van der Waals surface area (Å²) in [5, 5.41) is 10.4. The van der Waals surface area contributed by atoms with E-state index in [1.165, 1.54) is 21.7 Å². The Kier molecular flexibility index (Phi) is 6.28. The molecule has 138 valence electrons. The van der Waals surface area contributed by atoms with Gasteiger partial charge in [-0.2, -0.15) is 0 Å². The van der Waals surface area contributed by atoms with Crippen molar-refractivity contribution in [1.82, 2.24) is 20.6 Å². The number of benzene rings is 1. The first kappa shape index (κ1) is 18.5. The van der Waals surface area contributed by atoms with Crippen molar-refractivity contribution >= 4 is 28.3 Å². The van der Waals surface area contributed by atoms with Crippen LogP contribution < -0.4 is 10.6 Å². The second kappa shape index (κ2) is 8.85. The van der Waals surface area contributed by atoms with Crippen molar-refractivity contribution in [2.75, 3.05) is 13.1 Å². The van der Waals surface area contributed by atoms with Crippen LogP contribution in [0.5, 0.6) is 0 Å². The molecule has 1 aromatic carbocycles. The number of hydrogen-bond acceptors (Lipinski definition) is 3. The molecule has 2 aromatic heterocycles. The van der Waals surface area contributed by atoms with Crippen LogP contribution in [0.2, 0.25) is 0 Å². The summed E-state index contributed by atoms with van der Waals surface area (Å²) in [6, 6.07) is 8.19. The van der Waals surface area contributed by atoms with Crippen molar-refractivity contribution in [3.63, 3.8) is 0 Å². The topological polar surface area (TPSA) is 69.8 Å². The molecule has 0 aliphatic heterocycles. The molecule has 0 fully saturated rings. The van der Waals surface area contributed by atoms with Crippen LogP contribution in [0.4, 0.5) is 4.79 Å². The van der Waals surface area contributed by atoms with Crippen LogP contribution in [0.15, 0.2) is 29.6 Å². The zero-order chi connectivity index (χ0) is 18.4. The molecule has 26 heavy (non-hydrogen) atoms. The minimum atomic E-state index is -0.0902. The van der Waals surface area contributed by atoms with E-state index in [9.17, 15) is 4.79 Å². The van der Waals surface area contributed by atoms with Gasteiger partial charge in [-0.1, -0.05) is 18.2 Å². The van der Waals surface area contributed by atoms with Crippen molar-refractivity contribution in [2.45, 2.75) is 39.5 Å². The third-order valence-electron chi connectivity index (χ3n) is 4.46. The largest absolute Gasteiger partial charge is 0.358 e. The fourth-order valence-corrected chi connectivity index (χ4v) is 3.96. The van der Waals surface area contributed by atoms with E-state index in [0.717, 1.165) is 36.9 Å². The standard InChI is InChI=1S/C20H26N4OS/c1-14-13-26-19(23-14)9-5-6-11-21-20(25)22-12-10-16-15(2)24-18-8-4-3-7-17(16)18/h3-4,7-8,13,24H,5-6,9-12H2,1-2H3,(H2,21,22,25). The predicted octanol–water partition coefficient (Wildman–Crippen LogP) is 4.11. The van der Waals surface area contributed by atoms with Crippen molar-refractivity contribution in [3.8, 4) is 0 Å². The predicted molar refractivity (Wildman–Crippen MR) is 108 cm³/mol. The molecule has 0 spiro atoms. The van der Waals surface area contributed by atoms with Crippen LogP contribution in [0.1, 0.15) is 34.8 Å². The maximum absolute atomic E-state index is 11.9. The number of aryl methyl sites for hydroxylation is 3. The molecule has 0 unspecified atom stereocenters. The van der Waals surface area contributed by atoms with E-state index in [1.54, 1.807) is 11.3 Å². The maximum atomic E-state index is 11.9. The average Bonchev–Trinajstić information content (AvgIpc) is 3.18. The number of thiazole rings is 1. The molecule has 5 nitrogen and oxygen atoms in total. The van der Waals surface area contributed by atoms with Crippen molar-refractivity contribution < 1.29 is 4.79 Å². The Hall–Kier alpha value is -2.34. The number of para-hydroxylation sites is 1. The fourth-order valence-electron chi connectivity index (χ4n) is 3.14. The molecule has 0 radical (unpaired) electrons. The maximum Gasteiger partial charge on any atom is 0.314 e. The third-order valence-corrected chi connectivity index (χ3v) is 5.48. The van der Waals surface area contributed by atoms with Crippen LogP contribution in [0.25, 0.3) is 10.9 Å². The van der Waals surface area contributed by atoms with Crippen LogP contribution in [0.3, 0.4) is 0 Å². The Balaban J connectivity index is 1.33. The zero-order valence-corrected chi connectivity index (χ0v) is 16.2. The fraction of sp³-hybridized carbons (Fsp3) is 0.400. The zero-order valence-electron chi connectivity index (χ0n) is 15.4. The third kappa shape index (κ3) is 4.85. The summed E-state index contributed by atoms with van der Waals surface area (Å²) in [6.45, 7) is 5.43. The minimum absolute atomic E-state index is 0.0902. The number of unbranched alkanes of at least 4 members (excludes halogenated alkanes) is 1. The van der Waals surface area contributed by atoms with Gasteiger partial charge in [-0.25, -0.2) is 9.78 Å². The summed E-state index contributed by atoms with van der Waals surface area (Å²) in [6.07, 6.45) is 3.82. The number of hydrogen-bond donors (Lipinski definition) is 3. The molecular weight excluding hydrogens is 344 g/mol. The Labute approximate surface area is 158 Å². The highest BCUT2D eigenvalue weighted by Gasteiger charge is 2.08. The second-order valence-corrected chi connectivity index (χ2v) is 7.49.